The normalized spacial score (nSPS) is 12.1. The molecule has 16 heavy (non-hydrogen) atoms. The van der Waals surface area contributed by atoms with Gasteiger partial charge in [0.05, 0.1) is 0 Å². The summed E-state index contributed by atoms with van der Waals surface area (Å²) in [5.41, 5.74) is 0. The molecule has 0 fully saturated rings. The molecule has 0 aliphatic heterocycles. The van der Waals surface area contributed by atoms with Crippen molar-refractivity contribution in [2.45, 2.75) is 12.5 Å². The van der Waals surface area contributed by atoms with E-state index in [9.17, 15) is 9.59 Å². The van der Waals surface area contributed by atoms with Crippen LogP contribution in [0.25, 0.3) is 0 Å². The number of aliphatic carboxylic acids is 1. The zero-order valence-corrected chi connectivity index (χ0v) is 10.5. The number of aliphatic hydroxyl groups is 1. The average Bonchev–Trinajstić information content (AvgIpc) is 2.64. The van der Waals surface area contributed by atoms with E-state index >= 15 is 0 Å². The molecular formula is C9H10BrNO4S. The molecule has 0 radical (unpaired) electrons. The predicted molar refractivity (Wildman–Crippen MR) is 62.6 cm³/mol. The van der Waals surface area contributed by atoms with E-state index in [1.165, 1.54) is 11.3 Å². The number of thiophene rings is 1. The van der Waals surface area contributed by atoms with E-state index in [0.717, 1.165) is 0 Å². The zero-order valence-electron chi connectivity index (χ0n) is 8.14. The van der Waals surface area contributed by atoms with Crippen LogP contribution in [-0.2, 0) is 4.79 Å². The smallest absolute Gasteiger partial charge is 0.332 e. The number of nitrogens with one attached hydrogen (secondary N) is 1. The molecule has 0 aliphatic carbocycles. The predicted octanol–water partition coefficient (Wildman–Crippen LogP) is 1.08. The van der Waals surface area contributed by atoms with E-state index in [4.69, 9.17) is 10.2 Å². The van der Waals surface area contributed by atoms with E-state index in [2.05, 4.69) is 21.2 Å². The molecule has 3 N–H and O–H groups in total. The van der Waals surface area contributed by atoms with Gasteiger partial charge in [0.15, 0.2) is 6.10 Å². The summed E-state index contributed by atoms with van der Waals surface area (Å²) in [5.74, 6) is -1.56. The monoisotopic (exact) mass is 307 g/mol. The van der Waals surface area contributed by atoms with Crippen molar-refractivity contribution in [3.63, 3.8) is 0 Å². The number of hydrogen-bond acceptors (Lipinski definition) is 4. The van der Waals surface area contributed by atoms with Crippen LogP contribution in [-0.4, -0.2) is 34.7 Å². The lowest BCUT2D eigenvalue weighted by atomic mass is 10.2. The number of rotatable bonds is 5. The minimum absolute atomic E-state index is 0.00985. The number of carbonyl (C=O) groups is 2. The van der Waals surface area contributed by atoms with Gasteiger partial charge in [0.1, 0.15) is 4.88 Å². The third-order valence-electron chi connectivity index (χ3n) is 1.81. The SMILES string of the molecule is O=C(NCCC(O)C(=O)O)c1sccc1Br. The Morgan fingerprint density at radius 3 is 2.75 bits per heavy atom. The summed E-state index contributed by atoms with van der Waals surface area (Å²) in [6.45, 7) is 0.122. The van der Waals surface area contributed by atoms with Crippen LogP contribution in [0.4, 0.5) is 0 Å². The Bertz CT molecular complexity index is 393. The van der Waals surface area contributed by atoms with Crippen molar-refractivity contribution in [1.29, 1.82) is 0 Å². The molecule has 5 nitrogen and oxygen atoms in total. The molecule has 0 aromatic carbocycles. The fourth-order valence-corrected chi connectivity index (χ4v) is 2.45. The molecule has 1 aromatic heterocycles. The maximum Gasteiger partial charge on any atom is 0.332 e. The first kappa shape index (κ1) is 13.1. The van der Waals surface area contributed by atoms with Crippen LogP contribution in [0.15, 0.2) is 15.9 Å². The molecule has 1 atom stereocenters. The Balaban J connectivity index is 2.37. The van der Waals surface area contributed by atoms with Gasteiger partial charge < -0.3 is 15.5 Å². The highest BCUT2D eigenvalue weighted by Crippen LogP contribution is 2.22. The Morgan fingerprint density at radius 1 is 1.56 bits per heavy atom. The Kier molecular flexibility index (Phi) is 4.91. The van der Waals surface area contributed by atoms with Crippen LogP contribution in [0, 0.1) is 0 Å². The van der Waals surface area contributed by atoms with Crippen molar-refractivity contribution >= 4 is 39.1 Å². The Labute approximate surface area is 104 Å². The number of carbonyl (C=O) groups excluding carboxylic acids is 1. The topological polar surface area (TPSA) is 86.6 Å². The van der Waals surface area contributed by atoms with Crippen LogP contribution in [0.5, 0.6) is 0 Å². The fraction of sp³-hybridized carbons (Fsp3) is 0.333. The summed E-state index contributed by atoms with van der Waals surface area (Å²) in [4.78, 5) is 22.3. The molecule has 1 amide bonds. The number of carboxylic acid groups (broad SMARTS) is 1. The molecule has 1 aromatic rings. The zero-order chi connectivity index (χ0) is 12.1. The molecule has 88 valence electrons. The van der Waals surface area contributed by atoms with Gasteiger partial charge in [-0.05, 0) is 27.4 Å². The van der Waals surface area contributed by atoms with Gasteiger partial charge >= 0.3 is 5.97 Å². The number of halogens is 1. The first-order valence-corrected chi connectivity index (χ1v) is 6.11. The van der Waals surface area contributed by atoms with Gasteiger partial charge in [0.2, 0.25) is 0 Å². The molecule has 0 spiro atoms. The molecule has 1 rings (SSSR count). The van der Waals surface area contributed by atoms with Crippen LogP contribution in [0.1, 0.15) is 16.1 Å². The molecule has 0 saturated carbocycles. The van der Waals surface area contributed by atoms with Crippen molar-refractivity contribution in [3.8, 4) is 0 Å². The second-order valence-electron chi connectivity index (χ2n) is 3.00. The Hall–Kier alpha value is -0.920. The van der Waals surface area contributed by atoms with Gasteiger partial charge in [0.25, 0.3) is 5.91 Å². The molecule has 0 saturated heterocycles. The van der Waals surface area contributed by atoms with Crippen molar-refractivity contribution < 1.29 is 19.8 Å². The third kappa shape index (κ3) is 3.58. The highest BCUT2D eigenvalue weighted by Gasteiger charge is 2.14. The first-order chi connectivity index (χ1) is 7.52. The summed E-state index contributed by atoms with van der Waals surface area (Å²) in [5, 5.41) is 21.7. The maximum absolute atomic E-state index is 11.5. The van der Waals surface area contributed by atoms with Gasteiger partial charge in [-0.1, -0.05) is 0 Å². The van der Waals surface area contributed by atoms with Crippen molar-refractivity contribution in [1.82, 2.24) is 5.32 Å². The van der Waals surface area contributed by atoms with Crippen LogP contribution >= 0.6 is 27.3 Å². The molecule has 1 heterocycles. The minimum Gasteiger partial charge on any atom is -0.479 e. The van der Waals surface area contributed by atoms with Gasteiger partial charge in [-0.2, -0.15) is 0 Å². The summed E-state index contributed by atoms with van der Waals surface area (Å²) in [7, 11) is 0. The molecule has 7 heteroatoms. The van der Waals surface area contributed by atoms with Gasteiger partial charge in [-0.3, -0.25) is 4.79 Å². The third-order valence-corrected chi connectivity index (χ3v) is 3.65. The lowest BCUT2D eigenvalue weighted by Gasteiger charge is -2.06. The quantitative estimate of drug-likeness (QED) is 0.759. The lowest BCUT2D eigenvalue weighted by molar-refractivity contribution is -0.146. The highest BCUT2D eigenvalue weighted by molar-refractivity contribution is 9.10. The molecule has 0 aliphatic rings. The fourth-order valence-electron chi connectivity index (χ4n) is 0.982. The van der Waals surface area contributed by atoms with Crippen LogP contribution in [0.2, 0.25) is 0 Å². The average molecular weight is 308 g/mol. The largest absolute Gasteiger partial charge is 0.479 e. The Morgan fingerprint density at radius 2 is 2.25 bits per heavy atom. The van der Waals surface area contributed by atoms with E-state index in [0.29, 0.717) is 9.35 Å². The second-order valence-corrected chi connectivity index (χ2v) is 4.77. The van der Waals surface area contributed by atoms with Gasteiger partial charge in [-0.15, -0.1) is 11.3 Å². The second kappa shape index (κ2) is 5.97. The highest BCUT2D eigenvalue weighted by atomic mass is 79.9. The minimum atomic E-state index is -1.44. The molecule has 1 unspecified atom stereocenters. The molecular weight excluding hydrogens is 298 g/mol. The standard InChI is InChI=1S/C9H10BrNO4S/c10-5-2-4-16-7(5)8(13)11-3-1-6(12)9(14)15/h2,4,6,12H,1,3H2,(H,11,13)(H,14,15). The number of aliphatic hydroxyl groups excluding tert-OH is 1. The van der Waals surface area contributed by atoms with Crippen LogP contribution < -0.4 is 5.32 Å². The van der Waals surface area contributed by atoms with E-state index in [1.807, 2.05) is 0 Å². The lowest BCUT2D eigenvalue weighted by Crippen LogP contribution is -2.29. The maximum atomic E-state index is 11.5. The first-order valence-electron chi connectivity index (χ1n) is 4.44. The number of hydrogen-bond donors (Lipinski definition) is 3. The van der Waals surface area contributed by atoms with Gasteiger partial charge in [0, 0.05) is 17.4 Å². The van der Waals surface area contributed by atoms with Crippen molar-refractivity contribution in [2.75, 3.05) is 6.54 Å². The summed E-state index contributed by atoms with van der Waals surface area (Å²) in [6.07, 6.45) is -1.45. The number of carboxylic acids is 1. The van der Waals surface area contributed by atoms with E-state index in [-0.39, 0.29) is 18.9 Å². The summed E-state index contributed by atoms with van der Waals surface area (Å²) >= 11 is 4.50. The van der Waals surface area contributed by atoms with Crippen LogP contribution in [0.3, 0.4) is 0 Å². The summed E-state index contributed by atoms with van der Waals surface area (Å²) in [6, 6.07) is 1.76. The number of amides is 1. The summed E-state index contributed by atoms with van der Waals surface area (Å²) < 4.78 is 0.703. The van der Waals surface area contributed by atoms with E-state index < -0.39 is 12.1 Å². The van der Waals surface area contributed by atoms with Crippen molar-refractivity contribution in [3.05, 3.63) is 20.8 Å². The van der Waals surface area contributed by atoms with Gasteiger partial charge in [-0.25, -0.2) is 4.79 Å². The van der Waals surface area contributed by atoms with E-state index in [1.54, 1.807) is 11.4 Å². The van der Waals surface area contributed by atoms with Crippen molar-refractivity contribution in [2.24, 2.45) is 0 Å². The molecule has 0 bridgehead atoms.